The summed E-state index contributed by atoms with van der Waals surface area (Å²) in [6.45, 7) is 4.30. The van der Waals surface area contributed by atoms with Crippen LogP contribution in [-0.4, -0.2) is 23.2 Å². The molecule has 0 aromatic heterocycles. The zero-order valence-electron chi connectivity index (χ0n) is 12.7. The zero-order chi connectivity index (χ0) is 15.6. The zero-order valence-corrected chi connectivity index (χ0v) is 13.6. The summed E-state index contributed by atoms with van der Waals surface area (Å²) in [4.78, 5) is 4.36. The first-order valence-corrected chi connectivity index (χ1v) is 8.66. The van der Waals surface area contributed by atoms with E-state index in [4.69, 9.17) is 0 Å². The lowest BCUT2D eigenvalue weighted by Gasteiger charge is -2.15. The first-order valence-electron chi connectivity index (χ1n) is 7.67. The molecule has 0 fully saturated rings. The van der Waals surface area contributed by atoms with E-state index in [0.717, 1.165) is 23.1 Å². The van der Waals surface area contributed by atoms with Crippen molar-refractivity contribution in [2.45, 2.75) is 6.42 Å². The van der Waals surface area contributed by atoms with E-state index in [2.05, 4.69) is 64.6 Å². The van der Waals surface area contributed by atoms with Gasteiger partial charge in [-0.3, -0.25) is 10.4 Å². The molecule has 114 valence electrons. The normalized spacial score (nSPS) is 17.2. The summed E-state index contributed by atoms with van der Waals surface area (Å²) < 4.78 is 0. The van der Waals surface area contributed by atoms with Gasteiger partial charge in [0, 0.05) is 5.75 Å². The standard InChI is InChI=1S/C19H17N3S/c1-2-9-20-19-22-21-18(12-23-19)15-8-7-14-10-13-5-3-4-6-16(13)17(14)11-15/h2-8,11H,1,9-10,12H2,(H,20,22). The quantitative estimate of drug-likeness (QED) is 0.745. The minimum absolute atomic E-state index is 0.621. The summed E-state index contributed by atoms with van der Waals surface area (Å²) in [5, 5.41) is 5.36. The molecule has 2 aliphatic rings. The van der Waals surface area contributed by atoms with Crippen molar-refractivity contribution in [3.05, 3.63) is 71.8 Å². The molecule has 3 nitrogen and oxygen atoms in total. The van der Waals surface area contributed by atoms with Crippen LogP contribution in [0.4, 0.5) is 0 Å². The lowest BCUT2D eigenvalue weighted by Crippen LogP contribution is -2.25. The van der Waals surface area contributed by atoms with Gasteiger partial charge in [-0.05, 0) is 40.3 Å². The van der Waals surface area contributed by atoms with Gasteiger partial charge in [-0.15, -0.1) is 6.58 Å². The molecule has 0 radical (unpaired) electrons. The molecule has 0 unspecified atom stereocenters. The van der Waals surface area contributed by atoms with Gasteiger partial charge in [0.2, 0.25) is 0 Å². The molecular formula is C19H17N3S. The van der Waals surface area contributed by atoms with E-state index in [0.29, 0.717) is 6.54 Å². The second-order valence-electron chi connectivity index (χ2n) is 5.60. The van der Waals surface area contributed by atoms with Gasteiger partial charge in [0.25, 0.3) is 0 Å². The number of rotatable bonds is 3. The maximum Gasteiger partial charge on any atom is 0.177 e. The molecule has 4 rings (SSSR count). The highest BCUT2D eigenvalue weighted by atomic mass is 32.2. The second kappa shape index (κ2) is 6.05. The van der Waals surface area contributed by atoms with Crippen molar-refractivity contribution in [2.75, 3.05) is 12.3 Å². The summed E-state index contributed by atoms with van der Waals surface area (Å²) in [7, 11) is 0. The van der Waals surface area contributed by atoms with Crippen LogP contribution in [0.1, 0.15) is 16.7 Å². The molecule has 0 atom stereocenters. The summed E-state index contributed by atoms with van der Waals surface area (Å²) in [5.74, 6) is 0.837. The lowest BCUT2D eigenvalue weighted by atomic mass is 10.0. The molecule has 1 heterocycles. The van der Waals surface area contributed by atoms with Crippen LogP contribution in [0.2, 0.25) is 0 Å². The SMILES string of the molecule is C=CCN=C1NN=C(c2ccc3c(c2)-c2ccccc2C3)CS1. The first-order chi connectivity index (χ1) is 11.3. The van der Waals surface area contributed by atoms with Crippen LogP contribution < -0.4 is 5.43 Å². The van der Waals surface area contributed by atoms with Gasteiger partial charge in [0.1, 0.15) is 0 Å². The van der Waals surface area contributed by atoms with Gasteiger partial charge >= 0.3 is 0 Å². The minimum atomic E-state index is 0.621. The molecule has 1 N–H and O–H groups in total. The highest BCUT2D eigenvalue weighted by molar-refractivity contribution is 8.14. The fraction of sp³-hybridized carbons (Fsp3) is 0.158. The van der Waals surface area contributed by atoms with Gasteiger partial charge < -0.3 is 0 Å². The van der Waals surface area contributed by atoms with Gasteiger partial charge in [0.05, 0.1) is 12.3 Å². The summed E-state index contributed by atoms with van der Waals surface area (Å²) in [6, 6.07) is 15.3. The Balaban J connectivity index is 1.63. The minimum Gasteiger partial charge on any atom is -0.257 e. The van der Waals surface area contributed by atoms with Crippen LogP contribution >= 0.6 is 11.8 Å². The maximum atomic E-state index is 4.50. The smallest absolute Gasteiger partial charge is 0.177 e. The Hall–Kier alpha value is -2.33. The average Bonchev–Trinajstić information content (AvgIpc) is 2.98. The Labute approximate surface area is 140 Å². The summed E-state index contributed by atoms with van der Waals surface area (Å²) in [5.41, 5.74) is 10.8. The van der Waals surface area contributed by atoms with Gasteiger partial charge in [0.15, 0.2) is 5.17 Å². The van der Waals surface area contributed by atoms with Gasteiger partial charge in [-0.25, -0.2) is 0 Å². The maximum absolute atomic E-state index is 4.50. The first kappa shape index (κ1) is 14.3. The molecule has 2 aromatic rings. The van der Waals surface area contributed by atoms with E-state index in [1.807, 2.05) is 0 Å². The number of nitrogens with one attached hydrogen (secondary N) is 1. The van der Waals surface area contributed by atoms with Crippen LogP contribution in [0.5, 0.6) is 0 Å². The highest BCUT2D eigenvalue weighted by Crippen LogP contribution is 2.37. The van der Waals surface area contributed by atoms with Crippen molar-refractivity contribution >= 4 is 22.6 Å². The van der Waals surface area contributed by atoms with Crippen LogP contribution in [0.25, 0.3) is 11.1 Å². The van der Waals surface area contributed by atoms with Crippen LogP contribution in [0, 0.1) is 0 Å². The fourth-order valence-corrected chi connectivity index (χ4v) is 3.78. The molecule has 0 bridgehead atoms. The third-order valence-electron chi connectivity index (χ3n) is 4.13. The Bertz CT molecular complexity index is 836. The van der Waals surface area contributed by atoms with Crippen molar-refractivity contribution in [1.29, 1.82) is 0 Å². The predicted octanol–water partition coefficient (Wildman–Crippen LogP) is 3.84. The summed E-state index contributed by atoms with van der Waals surface area (Å²) >= 11 is 1.69. The monoisotopic (exact) mass is 319 g/mol. The highest BCUT2D eigenvalue weighted by Gasteiger charge is 2.20. The van der Waals surface area contributed by atoms with Crippen molar-refractivity contribution < 1.29 is 0 Å². The summed E-state index contributed by atoms with van der Waals surface area (Å²) in [6.07, 6.45) is 2.82. The predicted molar refractivity (Wildman–Crippen MR) is 99.3 cm³/mol. The number of hydrogen-bond donors (Lipinski definition) is 1. The van der Waals surface area contributed by atoms with Crippen molar-refractivity contribution in [3.63, 3.8) is 0 Å². The van der Waals surface area contributed by atoms with Gasteiger partial charge in [-0.2, -0.15) is 5.10 Å². The number of fused-ring (bicyclic) bond motifs is 3. The molecule has 1 aliphatic heterocycles. The topological polar surface area (TPSA) is 36.8 Å². The number of aliphatic imine (C=N–C) groups is 1. The molecule has 0 saturated heterocycles. The van der Waals surface area contributed by atoms with Gasteiger partial charge in [-0.1, -0.05) is 54.2 Å². The van der Waals surface area contributed by atoms with Crippen LogP contribution in [0.3, 0.4) is 0 Å². The Morgan fingerprint density at radius 3 is 2.87 bits per heavy atom. The van der Waals surface area contributed by atoms with E-state index in [-0.39, 0.29) is 0 Å². The Morgan fingerprint density at radius 2 is 2.04 bits per heavy atom. The largest absolute Gasteiger partial charge is 0.257 e. The molecule has 0 saturated carbocycles. The number of thioether (sulfide) groups is 1. The Morgan fingerprint density at radius 1 is 1.17 bits per heavy atom. The molecule has 0 amide bonds. The molecule has 23 heavy (non-hydrogen) atoms. The number of hydrazone groups is 1. The average molecular weight is 319 g/mol. The Kier molecular flexibility index (Phi) is 3.75. The molecular weight excluding hydrogens is 302 g/mol. The van der Waals surface area contributed by atoms with Crippen LogP contribution in [-0.2, 0) is 6.42 Å². The number of amidine groups is 1. The van der Waals surface area contributed by atoms with E-state index in [1.165, 1.54) is 27.8 Å². The van der Waals surface area contributed by atoms with E-state index < -0.39 is 0 Å². The number of nitrogens with zero attached hydrogens (tertiary/aromatic N) is 2. The third kappa shape index (κ3) is 2.70. The number of benzene rings is 2. The van der Waals surface area contributed by atoms with Crippen molar-refractivity contribution in [1.82, 2.24) is 5.43 Å². The van der Waals surface area contributed by atoms with Crippen molar-refractivity contribution in [3.8, 4) is 11.1 Å². The lowest BCUT2D eigenvalue weighted by molar-refractivity contribution is 1.02. The molecule has 1 aliphatic carbocycles. The van der Waals surface area contributed by atoms with Crippen LogP contribution in [0.15, 0.2) is 65.2 Å². The van der Waals surface area contributed by atoms with E-state index >= 15 is 0 Å². The van der Waals surface area contributed by atoms with E-state index in [9.17, 15) is 0 Å². The fourth-order valence-electron chi connectivity index (χ4n) is 3.00. The number of hydrogen-bond acceptors (Lipinski definition) is 3. The molecule has 4 heteroatoms. The second-order valence-corrected chi connectivity index (χ2v) is 6.56. The molecule has 0 spiro atoms. The van der Waals surface area contributed by atoms with Crippen molar-refractivity contribution in [2.24, 2.45) is 10.1 Å². The third-order valence-corrected chi connectivity index (χ3v) is 5.04. The van der Waals surface area contributed by atoms with E-state index in [1.54, 1.807) is 17.8 Å². The molecule has 2 aromatic carbocycles.